The maximum Gasteiger partial charge on any atom is 0.256 e. The molecule has 2 N–H and O–H groups in total. The van der Waals surface area contributed by atoms with Crippen LogP contribution in [0.4, 0.5) is 5.69 Å². The number of likely N-dealkylation sites (tertiary alicyclic amines) is 1. The molecule has 4 rings (SSSR count). The second-order valence-electron chi connectivity index (χ2n) is 7.05. The number of aromatic nitrogens is 3. The largest absolute Gasteiger partial charge is 0.773 e. The summed E-state index contributed by atoms with van der Waals surface area (Å²) in [4.78, 5) is 19.3. The maximum absolute atomic E-state index is 13.2. The number of benzene rings is 1. The van der Waals surface area contributed by atoms with Crippen molar-refractivity contribution in [2.75, 3.05) is 18.5 Å². The molecule has 8 nitrogen and oxygen atoms in total. The molecule has 3 aromatic rings. The molecule has 1 amide bonds. The number of anilines is 1. The van der Waals surface area contributed by atoms with Gasteiger partial charge in [-0.3, -0.25) is 9.00 Å². The van der Waals surface area contributed by atoms with E-state index in [-0.39, 0.29) is 33.0 Å². The predicted octanol–water partition coefficient (Wildman–Crippen LogP) is 2.93. The van der Waals surface area contributed by atoms with Crippen molar-refractivity contribution >= 4 is 39.9 Å². The molecule has 31 heavy (non-hydrogen) atoms. The summed E-state index contributed by atoms with van der Waals surface area (Å²) in [6.45, 7) is 2.59. The summed E-state index contributed by atoms with van der Waals surface area (Å²) in [6.07, 6.45) is 8.78. The Bertz CT molecular complexity index is 1090. The van der Waals surface area contributed by atoms with E-state index in [4.69, 9.17) is 26.1 Å². The third-order valence-electron chi connectivity index (χ3n) is 4.75. The molecule has 0 radical (unpaired) electrons. The minimum Gasteiger partial charge on any atom is -0.773 e. The summed E-state index contributed by atoms with van der Waals surface area (Å²) in [5, 5.41) is 5.15. The number of fused-ring (bicyclic) bond motifs is 1. The van der Waals surface area contributed by atoms with Crippen LogP contribution in [0.2, 0.25) is 5.02 Å². The van der Waals surface area contributed by atoms with Gasteiger partial charge in [0.25, 0.3) is 5.91 Å². The van der Waals surface area contributed by atoms with Crippen LogP contribution in [-0.4, -0.2) is 47.0 Å². The second kappa shape index (κ2) is 11.2. The molecule has 2 atom stereocenters. The molecule has 0 aliphatic carbocycles. The molecule has 2 unspecified atom stereocenters. The molecule has 166 valence electrons. The molecule has 0 saturated carbocycles. The zero-order valence-electron chi connectivity index (χ0n) is 17.1. The number of hydrogen-bond donors (Lipinski definition) is 1. The first-order valence-corrected chi connectivity index (χ1v) is 11.2. The molecule has 1 aromatic carbocycles. The third-order valence-corrected chi connectivity index (χ3v) is 4.98. The van der Waals surface area contributed by atoms with E-state index in [1.54, 1.807) is 22.7 Å². The van der Waals surface area contributed by atoms with Crippen LogP contribution >= 0.6 is 11.6 Å². The number of aryl methyl sites for hydroxylation is 1. The molecule has 1 aliphatic heterocycles. The first-order chi connectivity index (χ1) is 14.3. The van der Waals surface area contributed by atoms with E-state index in [1.165, 1.54) is 0 Å². The zero-order valence-corrected chi connectivity index (χ0v) is 21.6. The predicted molar refractivity (Wildman–Crippen MR) is 115 cm³/mol. The van der Waals surface area contributed by atoms with Crippen LogP contribution < -0.4 is 5.73 Å². The number of carbonyl (C=O) groups excluding carboxylic acids is 1. The van der Waals surface area contributed by atoms with Crippen molar-refractivity contribution in [1.82, 2.24) is 19.5 Å². The van der Waals surface area contributed by atoms with Crippen molar-refractivity contribution in [3.05, 3.63) is 58.5 Å². The Morgan fingerprint density at radius 3 is 2.77 bits per heavy atom. The Labute approximate surface area is 202 Å². The second-order valence-corrected chi connectivity index (χ2v) is 8.29. The molecule has 0 bridgehead atoms. The first kappa shape index (κ1) is 25.5. The number of nitrogens with two attached hydrogens (primary N) is 1. The summed E-state index contributed by atoms with van der Waals surface area (Å²) in [7, 11) is 0. The van der Waals surface area contributed by atoms with E-state index in [0.29, 0.717) is 22.8 Å². The van der Waals surface area contributed by atoms with E-state index < -0.39 is 11.1 Å². The van der Waals surface area contributed by atoms with Gasteiger partial charge in [0.05, 0.1) is 17.3 Å². The van der Waals surface area contributed by atoms with E-state index >= 15 is 0 Å². The molecule has 3 heterocycles. The molecule has 1 saturated heterocycles. The normalized spacial score (nSPS) is 16.8. The van der Waals surface area contributed by atoms with Gasteiger partial charge in [-0.2, -0.15) is 5.10 Å². The maximum atomic E-state index is 13.2. The van der Waals surface area contributed by atoms with Crippen molar-refractivity contribution in [3.8, 4) is 0 Å². The molecule has 2 aromatic heterocycles. The fraction of sp³-hybridized carbons (Fsp3) is 0.350. The Morgan fingerprint density at radius 2 is 2.06 bits per heavy atom. The van der Waals surface area contributed by atoms with Crippen LogP contribution in [0, 0.1) is 13.1 Å². The third kappa shape index (κ3) is 6.35. The summed E-state index contributed by atoms with van der Waals surface area (Å²) in [5.74, 6) is -0.109. The summed E-state index contributed by atoms with van der Waals surface area (Å²) in [5.41, 5.74) is 9.37. The Hall–Kier alpha value is -1.80. The van der Waals surface area contributed by atoms with E-state index in [9.17, 15) is 4.79 Å². The topological polar surface area (TPSA) is 117 Å². The number of carbonyl (C=O) groups is 1. The Kier molecular flexibility index (Phi) is 9.18. The molecule has 1 fully saturated rings. The average Bonchev–Trinajstić information content (AvgIpc) is 3.12. The minimum absolute atomic E-state index is 0. The monoisotopic (exact) mass is 631 g/mol. The van der Waals surface area contributed by atoms with Gasteiger partial charge in [0.2, 0.25) is 0 Å². The van der Waals surface area contributed by atoms with Gasteiger partial charge in [0, 0.05) is 44.0 Å². The molecular weight excluding hydrogens is 610 g/mol. The fourth-order valence-corrected chi connectivity index (χ4v) is 3.62. The van der Waals surface area contributed by atoms with Crippen LogP contribution in [0.1, 0.15) is 46.9 Å². The van der Waals surface area contributed by atoms with E-state index in [1.807, 2.05) is 24.1 Å². The quantitative estimate of drug-likeness (QED) is 0.264. The van der Waals surface area contributed by atoms with Crippen LogP contribution in [-0.2, 0) is 32.1 Å². The number of nitrogens with zero attached hydrogens (tertiary/aromatic N) is 4. The van der Waals surface area contributed by atoms with Gasteiger partial charge in [-0.1, -0.05) is 42.0 Å². The van der Waals surface area contributed by atoms with Gasteiger partial charge >= 0.3 is 0 Å². The number of amides is 1. The van der Waals surface area contributed by atoms with Crippen LogP contribution in [0.3, 0.4) is 0 Å². The Balaban J connectivity index is 0.000000631. The van der Waals surface area contributed by atoms with Gasteiger partial charge in [0.1, 0.15) is 0 Å². The standard InChI is InChI=1S/C19H19ClN5O.CH4O2S.W/c1-12-10-22-18-9-16(23-25(18)11-12)17-4-2-3-7-24(17)19(26)14-8-13(20)5-6-15(14)21;1-4(2)3;/h5-6,8-9,11,17H,2-4,7,21H2,1H3;1H3,(H,2,3);/q-1;;/p-1. The first-order valence-electron chi connectivity index (χ1n) is 9.38. The van der Waals surface area contributed by atoms with E-state index in [2.05, 4.69) is 16.3 Å². The van der Waals surface area contributed by atoms with Crippen LogP contribution in [0.15, 0.2) is 30.5 Å². The summed E-state index contributed by atoms with van der Waals surface area (Å²) < 4.78 is 19.7. The van der Waals surface area contributed by atoms with Crippen molar-refractivity contribution in [1.29, 1.82) is 0 Å². The number of hydrogen-bond acceptors (Lipinski definition) is 6. The van der Waals surface area contributed by atoms with Gasteiger partial charge in [-0.05, 0) is 49.8 Å². The summed E-state index contributed by atoms with van der Waals surface area (Å²) in [6, 6.07) is 6.81. The van der Waals surface area contributed by atoms with Gasteiger partial charge in [-0.15, -0.1) is 5.56 Å². The minimum atomic E-state index is -1.86. The van der Waals surface area contributed by atoms with Crippen molar-refractivity contribution in [3.63, 3.8) is 0 Å². The van der Waals surface area contributed by atoms with Crippen molar-refractivity contribution < 1.29 is 34.6 Å². The van der Waals surface area contributed by atoms with E-state index in [0.717, 1.165) is 42.4 Å². The van der Waals surface area contributed by atoms with Crippen LogP contribution in [0.5, 0.6) is 0 Å². The number of nitrogen functional groups attached to an aromatic ring is 1. The smallest absolute Gasteiger partial charge is 0.256 e. The average molecular weight is 632 g/mol. The van der Waals surface area contributed by atoms with Crippen molar-refractivity contribution in [2.45, 2.75) is 32.2 Å². The fourth-order valence-electron chi connectivity index (χ4n) is 3.45. The van der Waals surface area contributed by atoms with Gasteiger partial charge in [-0.25, -0.2) is 0 Å². The molecule has 11 heteroatoms. The van der Waals surface area contributed by atoms with Gasteiger partial charge in [0.15, 0.2) is 0 Å². The number of piperidine rings is 1. The zero-order chi connectivity index (χ0) is 21.8. The molecular formula is C20H22ClN5O3SW-2. The Morgan fingerprint density at radius 1 is 1.35 bits per heavy atom. The van der Waals surface area contributed by atoms with Gasteiger partial charge < -0.3 is 24.7 Å². The summed E-state index contributed by atoms with van der Waals surface area (Å²) >= 11 is 4.21. The van der Waals surface area contributed by atoms with Crippen LogP contribution in [0.25, 0.3) is 5.65 Å². The SMILES string of the molecule is CS(=O)[O-].Cc1[c-]nc2cc(C3CCCCN3C(=O)c3cc(Cl)ccc3N)nn2c1.[W]. The molecule has 1 aliphatic rings. The van der Waals surface area contributed by atoms with Crippen molar-refractivity contribution in [2.24, 2.45) is 0 Å². The number of halogens is 1. The number of rotatable bonds is 2. The molecule has 0 spiro atoms.